The first-order valence-corrected chi connectivity index (χ1v) is 4.26. The third-order valence-corrected chi connectivity index (χ3v) is 1.98. The summed E-state index contributed by atoms with van der Waals surface area (Å²) in [6.45, 7) is 0. The van der Waals surface area contributed by atoms with Crippen LogP contribution in [0.15, 0.2) is 18.2 Å². The Balaban J connectivity index is 3.39. The van der Waals surface area contributed by atoms with Crippen LogP contribution in [0.2, 0.25) is 0 Å². The van der Waals surface area contributed by atoms with Crippen LogP contribution in [0.1, 0.15) is 5.56 Å². The molecule has 0 heterocycles. The molecular weight excluding hydrogens is 225 g/mol. The SMILES string of the molecule is CN(C)c1ccc([N+](=O)[O-])cc1C(F)(F)F. The van der Waals surface area contributed by atoms with Crippen LogP contribution >= 0.6 is 0 Å². The van der Waals surface area contributed by atoms with Crippen molar-refractivity contribution < 1.29 is 18.1 Å². The van der Waals surface area contributed by atoms with E-state index in [9.17, 15) is 23.3 Å². The van der Waals surface area contributed by atoms with E-state index in [1.54, 1.807) is 0 Å². The normalized spacial score (nSPS) is 11.3. The second-order valence-electron chi connectivity index (χ2n) is 3.35. The lowest BCUT2D eigenvalue weighted by Gasteiger charge is -2.18. The number of alkyl halides is 3. The van der Waals surface area contributed by atoms with E-state index in [0.717, 1.165) is 12.1 Å². The fourth-order valence-electron chi connectivity index (χ4n) is 1.25. The van der Waals surface area contributed by atoms with Crippen LogP contribution < -0.4 is 4.90 Å². The van der Waals surface area contributed by atoms with E-state index in [1.165, 1.54) is 19.0 Å². The number of nitro groups is 1. The van der Waals surface area contributed by atoms with Gasteiger partial charge in [-0.05, 0) is 6.07 Å². The predicted molar refractivity (Wildman–Crippen MR) is 52.4 cm³/mol. The Kier molecular flexibility index (Phi) is 3.06. The average molecular weight is 234 g/mol. The fourth-order valence-corrected chi connectivity index (χ4v) is 1.25. The zero-order valence-corrected chi connectivity index (χ0v) is 8.58. The lowest BCUT2D eigenvalue weighted by atomic mass is 10.1. The summed E-state index contributed by atoms with van der Waals surface area (Å²) in [5.41, 5.74) is -1.68. The average Bonchev–Trinajstić information content (AvgIpc) is 2.15. The van der Waals surface area contributed by atoms with Gasteiger partial charge < -0.3 is 4.90 Å². The predicted octanol–water partition coefficient (Wildman–Crippen LogP) is 2.68. The van der Waals surface area contributed by atoms with E-state index < -0.39 is 22.4 Å². The maximum Gasteiger partial charge on any atom is 0.418 e. The van der Waals surface area contributed by atoms with Gasteiger partial charge in [0.1, 0.15) is 0 Å². The molecule has 0 aliphatic carbocycles. The van der Waals surface area contributed by atoms with Gasteiger partial charge in [-0.3, -0.25) is 10.1 Å². The minimum atomic E-state index is -4.61. The summed E-state index contributed by atoms with van der Waals surface area (Å²) < 4.78 is 37.8. The van der Waals surface area contributed by atoms with Crippen molar-refractivity contribution in [2.75, 3.05) is 19.0 Å². The number of hydrogen-bond donors (Lipinski definition) is 0. The number of rotatable bonds is 2. The molecule has 0 aliphatic heterocycles. The monoisotopic (exact) mass is 234 g/mol. The second-order valence-corrected chi connectivity index (χ2v) is 3.35. The fraction of sp³-hybridized carbons (Fsp3) is 0.333. The van der Waals surface area contributed by atoms with Gasteiger partial charge in [0.15, 0.2) is 0 Å². The van der Waals surface area contributed by atoms with Gasteiger partial charge in [-0.25, -0.2) is 0 Å². The van der Waals surface area contributed by atoms with Crippen molar-refractivity contribution in [1.82, 2.24) is 0 Å². The molecule has 0 aromatic heterocycles. The molecule has 16 heavy (non-hydrogen) atoms. The molecule has 0 saturated heterocycles. The molecule has 4 nitrogen and oxygen atoms in total. The van der Waals surface area contributed by atoms with E-state index in [4.69, 9.17) is 0 Å². The lowest BCUT2D eigenvalue weighted by molar-refractivity contribution is -0.385. The third kappa shape index (κ3) is 2.41. The zero-order chi connectivity index (χ0) is 12.5. The van der Waals surface area contributed by atoms with Gasteiger partial charge in [-0.15, -0.1) is 0 Å². The Hall–Kier alpha value is -1.79. The highest BCUT2D eigenvalue weighted by Crippen LogP contribution is 2.37. The molecular formula is C9H9F3N2O2. The standard InChI is InChI=1S/C9H9F3N2O2/c1-13(2)8-4-3-6(14(15)16)5-7(8)9(10,11)12/h3-5H,1-2H3. The van der Waals surface area contributed by atoms with Crippen LogP contribution in [0, 0.1) is 10.1 Å². The Bertz CT molecular complexity index is 416. The molecule has 88 valence electrons. The molecule has 0 aliphatic rings. The van der Waals surface area contributed by atoms with E-state index in [0.29, 0.717) is 6.07 Å². The van der Waals surface area contributed by atoms with Gasteiger partial charge in [-0.1, -0.05) is 0 Å². The van der Waals surface area contributed by atoms with Gasteiger partial charge in [0.25, 0.3) is 5.69 Å². The van der Waals surface area contributed by atoms with Crippen molar-refractivity contribution in [3.8, 4) is 0 Å². The summed E-state index contributed by atoms with van der Waals surface area (Å²) in [5.74, 6) is 0. The molecule has 1 aromatic rings. The molecule has 0 N–H and O–H groups in total. The zero-order valence-electron chi connectivity index (χ0n) is 8.58. The van der Waals surface area contributed by atoms with Crippen molar-refractivity contribution in [3.63, 3.8) is 0 Å². The van der Waals surface area contributed by atoms with Gasteiger partial charge in [-0.2, -0.15) is 13.2 Å². The first-order chi connectivity index (χ1) is 7.23. The van der Waals surface area contributed by atoms with Crippen LogP contribution in [-0.4, -0.2) is 19.0 Å². The Morgan fingerprint density at radius 1 is 1.31 bits per heavy atom. The highest BCUT2D eigenvalue weighted by Gasteiger charge is 2.35. The topological polar surface area (TPSA) is 46.4 Å². The minimum Gasteiger partial charge on any atom is -0.377 e. The van der Waals surface area contributed by atoms with Crippen molar-refractivity contribution >= 4 is 11.4 Å². The van der Waals surface area contributed by atoms with Gasteiger partial charge in [0.2, 0.25) is 0 Å². The Morgan fingerprint density at radius 3 is 2.25 bits per heavy atom. The van der Waals surface area contributed by atoms with Crippen molar-refractivity contribution in [2.24, 2.45) is 0 Å². The van der Waals surface area contributed by atoms with E-state index in [2.05, 4.69) is 0 Å². The van der Waals surface area contributed by atoms with Crippen LogP contribution in [0.25, 0.3) is 0 Å². The second kappa shape index (κ2) is 3.99. The maximum absolute atomic E-state index is 12.6. The number of nitrogens with zero attached hydrogens (tertiary/aromatic N) is 2. The highest BCUT2D eigenvalue weighted by atomic mass is 19.4. The van der Waals surface area contributed by atoms with E-state index in [1.807, 2.05) is 0 Å². The summed E-state index contributed by atoms with van der Waals surface area (Å²) in [4.78, 5) is 10.8. The maximum atomic E-state index is 12.6. The molecule has 0 radical (unpaired) electrons. The highest BCUT2D eigenvalue weighted by molar-refractivity contribution is 5.58. The molecule has 1 aromatic carbocycles. The molecule has 7 heteroatoms. The van der Waals surface area contributed by atoms with Crippen LogP contribution in [0.3, 0.4) is 0 Å². The summed E-state index contributed by atoms with van der Waals surface area (Å²) >= 11 is 0. The number of benzene rings is 1. The van der Waals surface area contributed by atoms with Crippen LogP contribution in [0.5, 0.6) is 0 Å². The Morgan fingerprint density at radius 2 is 1.88 bits per heavy atom. The quantitative estimate of drug-likeness (QED) is 0.583. The van der Waals surface area contributed by atoms with Crippen LogP contribution in [-0.2, 0) is 6.18 Å². The van der Waals surface area contributed by atoms with Gasteiger partial charge in [0, 0.05) is 31.9 Å². The molecule has 0 unspecified atom stereocenters. The number of nitro benzene ring substituents is 1. The number of hydrogen-bond acceptors (Lipinski definition) is 3. The molecule has 0 atom stereocenters. The minimum absolute atomic E-state index is 0.0990. The van der Waals surface area contributed by atoms with Gasteiger partial charge >= 0.3 is 6.18 Å². The number of non-ortho nitro benzene ring substituents is 1. The summed E-state index contributed by atoms with van der Waals surface area (Å²) in [6, 6.07) is 2.67. The molecule has 0 amide bonds. The third-order valence-electron chi connectivity index (χ3n) is 1.98. The van der Waals surface area contributed by atoms with E-state index in [-0.39, 0.29) is 5.69 Å². The summed E-state index contributed by atoms with van der Waals surface area (Å²) in [6.07, 6.45) is -4.61. The van der Waals surface area contributed by atoms with Crippen molar-refractivity contribution in [2.45, 2.75) is 6.18 Å². The summed E-state index contributed by atoms with van der Waals surface area (Å²) in [7, 11) is 2.88. The molecule has 0 fully saturated rings. The Labute approximate surface area is 89.4 Å². The van der Waals surface area contributed by atoms with Gasteiger partial charge in [0.05, 0.1) is 10.5 Å². The molecule has 0 saturated carbocycles. The summed E-state index contributed by atoms with van der Waals surface area (Å²) in [5, 5.41) is 10.4. The molecule has 0 spiro atoms. The van der Waals surface area contributed by atoms with Crippen molar-refractivity contribution in [1.29, 1.82) is 0 Å². The first-order valence-electron chi connectivity index (χ1n) is 4.26. The smallest absolute Gasteiger partial charge is 0.377 e. The molecule has 1 rings (SSSR count). The lowest BCUT2D eigenvalue weighted by Crippen LogP contribution is -2.16. The van der Waals surface area contributed by atoms with E-state index >= 15 is 0 Å². The number of halogens is 3. The van der Waals surface area contributed by atoms with Crippen molar-refractivity contribution in [3.05, 3.63) is 33.9 Å². The molecule has 0 bridgehead atoms. The number of anilines is 1. The first kappa shape index (κ1) is 12.3. The van der Waals surface area contributed by atoms with Crippen LogP contribution in [0.4, 0.5) is 24.5 Å². The largest absolute Gasteiger partial charge is 0.418 e.